The molecular weight excluding hydrogens is 332 g/mol. The summed E-state index contributed by atoms with van der Waals surface area (Å²) in [5.74, 6) is 0.536. The van der Waals surface area contributed by atoms with Crippen LogP contribution in [0.1, 0.15) is 34.8 Å². The number of aromatic nitrogens is 1. The lowest BCUT2D eigenvalue weighted by atomic mass is 9.93. The number of rotatable bonds is 2. The largest absolute Gasteiger partial charge is 0.347 e. The maximum absolute atomic E-state index is 12.7. The van der Waals surface area contributed by atoms with Gasteiger partial charge in [0.05, 0.1) is 10.6 Å². The van der Waals surface area contributed by atoms with E-state index in [1.54, 1.807) is 12.1 Å². The van der Waals surface area contributed by atoms with E-state index in [1.165, 1.54) is 16.6 Å². The van der Waals surface area contributed by atoms with E-state index in [2.05, 4.69) is 41.9 Å². The summed E-state index contributed by atoms with van der Waals surface area (Å²) in [4.78, 5) is 14.6. The number of piperidine rings is 1. The average Bonchev–Trinajstić information content (AvgIpc) is 2.99. The number of likely N-dealkylation sites (tertiary alicyclic amines) is 1. The van der Waals surface area contributed by atoms with E-state index < -0.39 is 0 Å². The number of fused-ring (bicyclic) bond motifs is 1. The van der Waals surface area contributed by atoms with Crippen LogP contribution in [-0.2, 0) is 7.05 Å². The third kappa shape index (κ3) is 2.93. The van der Waals surface area contributed by atoms with Crippen LogP contribution in [0.4, 0.5) is 0 Å². The standard InChI is InChI=1S/C21H21ClN2O/c1-23-19-9-5-2-6-16(19)14-20(23)15-10-12-24(13-11-15)21(25)17-7-3-4-8-18(17)22/h2-9,14-15H,10-13H2,1H3. The van der Waals surface area contributed by atoms with Crippen LogP contribution < -0.4 is 0 Å². The minimum Gasteiger partial charge on any atom is -0.347 e. The maximum Gasteiger partial charge on any atom is 0.255 e. The molecule has 1 aliphatic heterocycles. The summed E-state index contributed by atoms with van der Waals surface area (Å²) < 4.78 is 2.30. The van der Waals surface area contributed by atoms with Gasteiger partial charge in [0.1, 0.15) is 0 Å². The van der Waals surface area contributed by atoms with Gasteiger partial charge in [-0.2, -0.15) is 0 Å². The SMILES string of the molecule is Cn1c(C2CCN(C(=O)c3ccccc3Cl)CC2)cc2ccccc21. The van der Waals surface area contributed by atoms with Crippen LogP contribution in [0, 0.1) is 0 Å². The predicted molar refractivity (Wildman–Crippen MR) is 102 cm³/mol. The Hall–Kier alpha value is -2.26. The summed E-state index contributed by atoms with van der Waals surface area (Å²) in [5.41, 5.74) is 3.24. The Balaban J connectivity index is 1.50. The first-order valence-electron chi connectivity index (χ1n) is 8.73. The van der Waals surface area contributed by atoms with Gasteiger partial charge < -0.3 is 9.47 Å². The summed E-state index contributed by atoms with van der Waals surface area (Å²) in [7, 11) is 2.14. The van der Waals surface area contributed by atoms with E-state index in [1.807, 2.05) is 17.0 Å². The van der Waals surface area contributed by atoms with Crippen molar-refractivity contribution in [3.05, 3.63) is 70.9 Å². The van der Waals surface area contributed by atoms with Crippen molar-refractivity contribution < 1.29 is 4.79 Å². The molecule has 4 rings (SSSR count). The van der Waals surface area contributed by atoms with Crippen LogP contribution >= 0.6 is 11.6 Å². The van der Waals surface area contributed by atoms with E-state index in [4.69, 9.17) is 11.6 Å². The number of para-hydroxylation sites is 1. The highest BCUT2D eigenvalue weighted by Crippen LogP contribution is 2.32. The number of nitrogens with zero attached hydrogens (tertiary/aromatic N) is 2. The lowest BCUT2D eigenvalue weighted by Gasteiger charge is -2.32. The van der Waals surface area contributed by atoms with Crippen LogP contribution in [0.5, 0.6) is 0 Å². The number of aryl methyl sites for hydroxylation is 1. The molecule has 128 valence electrons. The Morgan fingerprint density at radius 1 is 1.04 bits per heavy atom. The maximum atomic E-state index is 12.7. The van der Waals surface area contributed by atoms with Gasteiger partial charge in [-0.3, -0.25) is 4.79 Å². The third-order valence-electron chi connectivity index (χ3n) is 5.29. The minimum atomic E-state index is 0.0427. The van der Waals surface area contributed by atoms with Crippen molar-refractivity contribution in [2.45, 2.75) is 18.8 Å². The smallest absolute Gasteiger partial charge is 0.255 e. The van der Waals surface area contributed by atoms with Gasteiger partial charge in [-0.15, -0.1) is 0 Å². The van der Waals surface area contributed by atoms with Gasteiger partial charge in [0.2, 0.25) is 0 Å². The molecule has 0 atom stereocenters. The molecule has 3 aromatic rings. The Kier molecular flexibility index (Phi) is 4.26. The molecule has 1 aromatic heterocycles. The molecule has 0 aliphatic carbocycles. The van der Waals surface area contributed by atoms with Crippen molar-refractivity contribution in [3.8, 4) is 0 Å². The molecule has 1 amide bonds. The number of hydrogen-bond donors (Lipinski definition) is 0. The molecule has 0 spiro atoms. The normalized spacial score (nSPS) is 15.7. The second kappa shape index (κ2) is 6.57. The highest BCUT2D eigenvalue weighted by atomic mass is 35.5. The van der Waals surface area contributed by atoms with Crippen LogP contribution in [0.25, 0.3) is 10.9 Å². The van der Waals surface area contributed by atoms with Crippen LogP contribution in [0.3, 0.4) is 0 Å². The average molecular weight is 353 g/mol. The summed E-state index contributed by atoms with van der Waals surface area (Å²) in [6.45, 7) is 1.55. The highest BCUT2D eigenvalue weighted by Gasteiger charge is 2.27. The van der Waals surface area contributed by atoms with Crippen molar-refractivity contribution in [2.75, 3.05) is 13.1 Å². The van der Waals surface area contributed by atoms with Gasteiger partial charge >= 0.3 is 0 Å². The fourth-order valence-electron chi connectivity index (χ4n) is 3.89. The molecule has 1 fully saturated rings. The number of halogens is 1. The first-order chi connectivity index (χ1) is 12.1. The van der Waals surface area contributed by atoms with E-state index in [0.717, 1.165) is 25.9 Å². The Morgan fingerprint density at radius 3 is 2.44 bits per heavy atom. The molecule has 1 aliphatic rings. The van der Waals surface area contributed by atoms with E-state index in [9.17, 15) is 4.79 Å². The topological polar surface area (TPSA) is 25.2 Å². The number of amides is 1. The molecular formula is C21H21ClN2O. The fraction of sp³-hybridized carbons (Fsp3) is 0.286. The van der Waals surface area contributed by atoms with Crippen molar-refractivity contribution in [1.82, 2.24) is 9.47 Å². The van der Waals surface area contributed by atoms with Gasteiger partial charge in [0, 0.05) is 37.3 Å². The zero-order chi connectivity index (χ0) is 17.4. The first-order valence-corrected chi connectivity index (χ1v) is 9.11. The Bertz CT molecular complexity index is 923. The lowest BCUT2D eigenvalue weighted by molar-refractivity contribution is 0.0712. The monoisotopic (exact) mass is 352 g/mol. The number of carbonyl (C=O) groups excluding carboxylic acids is 1. The van der Waals surface area contributed by atoms with Gasteiger partial charge in [0.15, 0.2) is 0 Å². The summed E-state index contributed by atoms with van der Waals surface area (Å²) in [6.07, 6.45) is 1.97. The molecule has 0 N–H and O–H groups in total. The molecule has 2 heterocycles. The molecule has 0 radical (unpaired) electrons. The Morgan fingerprint density at radius 2 is 1.72 bits per heavy atom. The van der Waals surface area contributed by atoms with Gasteiger partial charge in [-0.25, -0.2) is 0 Å². The summed E-state index contributed by atoms with van der Waals surface area (Å²) in [5, 5.41) is 1.82. The molecule has 0 saturated carbocycles. The summed E-state index contributed by atoms with van der Waals surface area (Å²) >= 11 is 6.18. The molecule has 25 heavy (non-hydrogen) atoms. The second-order valence-electron chi connectivity index (χ2n) is 6.73. The van der Waals surface area contributed by atoms with Crippen molar-refractivity contribution in [2.24, 2.45) is 7.05 Å². The zero-order valence-corrected chi connectivity index (χ0v) is 15.0. The van der Waals surface area contributed by atoms with Gasteiger partial charge in [-0.05, 0) is 42.5 Å². The fourth-order valence-corrected chi connectivity index (χ4v) is 4.10. The Labute approximate surface area is 152 Å². The van der Waals surface area contributed by atoms with Crippen molar-refractivity contribution >= 4 is 28.4 Å². The number of carbonyl (C=O) groups is 1. The number of hydrogen-bond acceptors (Lipinski definition) is 1. The quantitative estimate of drug-likeness (QED) is 0.647. The molecule has 0 unspecified atom stereocenters. The van der Waals surface area contributed by atoms with Crippen molar-refractivity contribution in [1.29, 1.82) is 0 Å². The summed E-state index contributed by atoms with van der Waals surface area (Å²) in [6, 6.07) is 18.1. The zero-order valence-electron chi connectivity index (χ0n) is 14.3. The van der Waals surface area contributed by atoms with Gasteiger partial charge in [0.25, 0.3) is 5.91 Å². The van der Waals surface area contributed by atoms with E-state index in [0.29, 0.717) is 16.5 Å². The van der Waals surface area contributed by atoms with E-state index >= 15 is 0 Å². The minimum absolute atomic E-state index is 0.0427. The highest BCUT2D eigenvalue weighted by molar-refractivity contribution is 6.33. The van der Waals surface area contributed by atoms with Crippen LogP contribution in [0.2, 0.25) is 5.02 Å². The van der Waals surface area contributed by atoms with Crippen LogP contribution in [-0.4, -0.2) is 28.5 Å². The predicted octanol–water partition coefficient (Wildman–Crippen LogP) is 4.85. The van der Waals surface area contributed by atoms with Crippen LogP contribution in [0.15, 0.2) is 54.6 Å². The first kappa shape index (κ1) is 16.2. The number of benzene rings is 2. The lowest BCUT2D eigenvalue weighted by Crippen LogP contribution is -2.38. The molecule has 0 bridgehead atoms. The third-order valence-corrected chi connectivity index (χ3v) is 5.62. The molecule has 2 aromatic carbocycles. The van der Waals surface area contributed by atoms with E-state index in [-0.39, 0.29) is 5.91 Å². The second-order valence-corrected chi connectivity index (χ2v) is 7.14. The van der Waals surface area contributed by atoms with Gasteiger partial charge in [-0.1, -0.05) is 41.9 Å². The molecule has 3 nitrogen and oxygen atoms in total. The molecule has 1 saturated heterocycles. The molecule has 4 heteroatoms. The van der Waals surface area contributed by atoms with Crippen molar-refractivity contribution in [3.63, 3.8) is 0 Å².